The van der Waals surface area contributed by atoms with Gasteiger partial charge >= 0.3 is 5.97 Å². The van der Waals surface area contributed by atoms with E-state index in [0.717, 1.165) is 16.0 Å². The van der Waals surface area contributed by atoms with Crippen molar-refractivity contribution in [3.05, 3.63) is 95.0 Å². The molecule has 0 atom stereocenters. The molecule has 5 aromatic rings. The number of esters is 1. The molecule has 0 radical (unpaired) electrons. The van der Waals surface area contributed by atoms with Crippen molar-refractivity contribution in [3.8, 4) is 5.75 Å². The largest absolute Gasteiger partial charge is 0.422 e. The summed E-state index contributed by atoms with van der Waals surface area (Å²) in [5, 5.41) is 6.96. The summed E-state index contributed by atoms with van der Waals surface area (Å²) in [5.41, 5.74) is 3.10. The predicted molar refractivity (Wildman–Crippen MR) is 155 cm³/mol. The highest BCUT2D eigenvalue weighted by Crippen LogP contribution is 2.41. The third-order valence-electron chi connectivity index (χ3n) is 5.12. The van der Waals surface area contributed by atoms with Gasteiger partial charge in [0.1, 0.15) is 15.5 Å². The molecule has 5 nitrogen and oxygen atoms in total. The Balaban J connectivity index is 1.25. The number of benzene rings is 3. The van der Waals surface area contributed by atoms with E-state index >= 15 is 0 Å². The summed E-state index contributed by atoms with van der Waals surface area (Å²) in [6.07, 6.45) is 1.44. The van der Waals surface area contributed by atoms with Crippen molar-refractivity contribution >= 4 is 119 Å². The van der Waals surface area contributed by atoms with Gasteiger partial charge in [0.15, 0.2) is 0 Å². The molecule has 0 bridgehead atoms. The van der Waals surface area contributed by atoms with E-state index in [2.05, 4.69) is 10.5 Å². The maximum Gasteiger partial charge on any atom is 0.355 e. The van der Waals surface area contributed by atoms with Gasteiger partial charge in [0.25, 0.3) is 5.91 Å². The van der Waals surface area contributed by atoms with E-state index in [1.807, 2.05) is 6.07 Å². The predicted octanol–water partition coefficient (Wildman–Crippen LogP) is 9.37. The molecule has 1 amide bonds. The number of ether oxygens (including phenoxy) is 1. The quantitative estimate of drug-likeness (QED) is 0.0913. The smallest absolute Gasteiger partial charge is 0.355 e. The summed E-state index contributed by atoms with van der Waals surface area (Å²) in [7, 11) is 0. The standard InChI is InChI=1S/C25H11Cl5N2O3S2/c26-12-8-15(28)19-17(9-12)37-22(20(19)29)24(33)32-31-10-11-4-6-13(7-5-11)35-25(34)23-21(30)18-14(27)2-1-3-16(18)36-23/h1-10H,(H,32,33)/b31-10+. The Morgan fingerprint density at radius 2 is 1.49 bits per heavy atom. The van der Waals surface area contributed by atoms with Crippen molar-refractivity contribution in [2.24, 2.45) is 5.10 Å². The van der Waals surface area contributed by atoms with Crippen molar-refractivity contribution in [2.75, 3.05) is 0 Å². The van der Waals surface area contributed by atoms with Gasteiger partial charge in [-0.1, -0.05) is 64.1 Å². The molecule has 2 aromatic heterocycles. The molecular formula is C25H11Cl5N2O3S2. The van der Waals surface area contributed by atoms with Crippen molar-refractivity contribution in [1.29, 1.82) is 0 Å². The van der Waals surface area contributed by atoms with E-state index in [1.54, 1.807) is 48.5 Å². The van der Waals surface area contributed by atoms with E-state index < -0.39 is 11.9 Å². The number of rotatable bonds is 5. The maximum absolute atomic E-state index is 12.7. The van der Waals surface area contributed by atoms with Gasteiger partial charge in [-0.05, 0) is 54.1 Å². The van der Waals surface area contributed by atoms with Crippen LogP contribution in [0.4, 0.5) is 0 Å². The van der Waals surface area contributed by atoms with Gasteiger partial charge in [-0.3, -0.25) is 4.79 Å². The number of hydrazone groups is 1. The van der Waals surface area contributed by atoms with E-state index in [4.69, 9.17) is 62.7 Å². The van der Waals surface area contributed by atoms with Crippen molar-refractivity contribution in [3.63, 3.8) is 0 Å². The van der Waals surface area contributed by atoms with Crippen LogP contribution in [0.2, 0.25) is 25.1 Å². The third kappa shape index (κ3) is 5.31. The monoisotopic (exact) mass is 626 g/mol. The lowest BCUT2D eigenvalue weighted by molar-refractivity contribution is 0.0739. The van der Waals surface area contributed by atoms with Gasteiger partial charge < -0.3 is 4.74 Å². The topological polar surface area (TPSA) is 67.8 Å². The number of thiophene rings is 2. The van der Waals surface area contributed by atoms with Crippen LogP contribution in [0.25, 0.3) is 20.2 Å². The Bertz CT molecular complexity index is 1730. The molecule has 0 spiro atoms. The van der Waals surface area contributed by atoms with Crippen molar-refractivity contribution in [2.45, 2.75) is 0 Å². The van der Waals surface area contributed by atoms with Gasteiger partial charge in [-0.2, -0.15) is 5.10 Å². The summed E-state index contributed by atoms with van der Waals surface area (Å²) in [6, 6.07) is 15.1. The van der Waals surface area contributed by atoms with Crippen LogP contribution in [0, 0.1) is 0 Å². The first-order chi connectivity index (χ1) is 17.7. The van der Waals surface area contributed by atoms with E-state index in [-0.39, 0.29) is 19.8 Å². The summed E-state index contributed by atoms with van der Waals surface area (Å²) >= 11 is 33.6. The van der Waals surface area contributed by atoms with Crippen LogP contribution in [-0.4, -0.2) is 18.1 Å². The number of hydrogen-bond acceptors (Lipinski definition) is 6. The summed E-state index contributed by atoms with van der Waals surface area (Å²) in [4.78, 5) is 25.8. The Kier molecular flexibility index (Phi) is 7.65. The van der Waals surface area contributed by atoms with Crippen LogP contribution in [0.1, 0.15) is 24.9 Å². The van der Waals surface area contributed by atoms with E-state index in [0.29, 0.717) is 41.9 Å². The van der Waals surface area contributed by atoms with Crippen molar-refractivity contribution in [1.82, 2.24) is 5.43 Å². The van der Waals surface area contributed by atoms with Gasteiger partial charge in [0.2, 0.25) is 0 Å². The van der Waals surface area contributed by atoms with Crippen LogP contribution in [-0.2, 0) is 0 Å². The lowest BCUT2D eigenvalue weighted by atomic mass is 10.2. The maximum atomic E-state index is 12.7. The number of fused-ring (bicyclic) bond motifs is 2. The molecule has 0 aliphatic rings. The molecule has 1 N–H and O–H groups in total. The molecule has 5 rings (SSSR count). The minimum atomic E-state index is -0.586. The number of hydrogen-bond donors (Lipinski definition) is 1. The normalized spacial score (nSPS) is 11.5. The first kappa shape index (κ1) is 26.3. The number of halogens is 5. The molecule has 37 heavy (non-hydrogen) atoms. The second-order valence-corrected chi connectivity index (χ2v) is 11.6. The number of amides is 1. The zero-order valence-electron chi connectivity index (χ0n) is 18.2. The highest BCUT2D eigenvalue weighted by atomic mass is 35.5. The van der Waals surface area contributed by atoms with Crippen molar-refractivity contribution < 1.29 is 14.3 Å². The number of nitrogens with zero attached hydrogens (tertiary/aromatic N) is 1. The Labute approximate surface area is 243 Å². The molecular weight excluding hydrogens is 618 g/mol. The third-order valence-corrected chi connectivity index (χ3v) is 9.20. The fourth-order valence-electron chi connectivity index (χ4n) is 3.45. The first-order valence-electron chi connectivity index (χ1n) is 10.3. The molecule has 0 unspecified atom stereocenters. The zero-order valence-corrected chi connectivity index (χ0v) is 23.6. The lowest BCUT2D eigenvalue weighted by Crippen LogP contribution is -2.16. The van der Waals surface area contributed by atoms with Gasteiger partial charge in [0.05, 0.1) is 26.3 Å². The average molecular weight is 629 g/mol. The van der Waals surface area contributed by atoms with E-state index in [1.165, 1.54) is 17.6 Å². The Morgan fingerprint density at radius 3 is 2.22 bits per heavy atom. The number of carbonyl (C=O) groups excluding carboxylic acids is 2. The molecule has 3 aromatic carbocycles. The first-order valence-corrected chi connectivity index (χ1v) is 13.8. The molecule has 0 aliphatic heterocycles. The molecule has 0 aliphatic carbocycles. The molecule has 0 fully saturated rings. The second-order valence-electron chi connectivity index (χ2n) is 7.52. The van der Waals surface area contributed by atoms with Crippen LogP contribution < -0.4 is 10.2 Å². The highest BCUT2D eigenvalue weighted by molar-refractivity contribution is 7.22. The van der Waals surface area contributed by atoms with Gasteiger partial charge in [-0.15, -0.1) is 22.7 Å². The molecule has 12 heteroatoms. The van der Waals surface area contributed by atoms with E-state index in [9.17, 15) is 9.59 Å². The lowest BCUT2D eigenvalue weighted by Gasteiger charge is -2.03. The summed E-state index contributed by atoms with van der Waals surface area (Å²) < 4.78 is 6.95. The number of carbonyl (C=O) groups is 2. The molecule has 0 saturated heterocycles. The van der Waals surface area contributed by atoms with Crippen LogP contribution in [0.5, 0.6) is 5.75 Å². The average Bonchev–Trinajstić information content (AvgIpc) is 3.37. The highest BCUT2D eigenvalue weighted by Gasteiger charge is 2.21. The Morgan fingerprint density at radius 1 is 0.811 bits per heavy atom. The van der Waals surface area contributed by atoms with Crippen LogP contribution in [0.15, 0.2) is 59.7 Å². The SMILES string of the molecule is O=C(N/N=C/c1ccc(OC(=O)c2sc3cccc(Cl)c3c2Cl)cc1)c1sc2cc(Cl)cc(Cl)c2c1Cl. The molecule has 186 valence electrons. The van der Waals surface area contributed by atoms with Crippen LogP contribution >= 0.6 is 80.7 Å². The van der Waals surface area contributed by atoms with Crippen LogP contribution in [0.3, 0.4) is 0 Å². The zero-order chi connectivity index (χ0) is 26.3. The minimum absolute atomic E-state index is 0.238. The minimum Gasteiger partial charge on any atom is -0.422 e. The van der Waals surface area contributed by atoms with Gasteiger partial charge in [-0.25, -0.2) is 10.2 Å². The second kappa shape index (κ2) is 10.8. The van der Waals surface area contributed by atoms with Gasteiger partial charge in [0, 0.05) is 25.2 Å². The summed E-state index contributed by atoms with van der Waals surface area (Å²) in [6.45, 7) is 0. The Hall–Kier alpha value is -2.36. The molecule has 0 saturated carbocycles. The fraction of sp³-hybridized carbons (Fsp3) is 0. The fourth-order valence-corrected chi connectivity index (χ4v) is 7.54. The number of nitrogens with one attached hydrogen (secondary N) is 1. The summed E-state index contributed by atoms with van der Waals surface area (Å²) in [5.74, 6) is -0.753. The molecule has 2 heterocycles.